The Morgan fingerprint density at radius 1 is 1.03 bits per heavy atom. The van der Waals surface area contributed by atoms with Gasteiger partial charge in [0.15, 0.2) is 0 Å². The van der Waals surface area contributed by atoms with E-state index in [1.54, 1.807) is 23.1 Å². The van der Waals surface area contributed by atoms with Gasteiger partial charge in [0, 0.05) is 16.4 Å². The number of rotatable bonds is 5. The average Bonchev–Trinajstić information content (AvgIpc) is 3.10. The normalized spacial score (nSPS) is 16.7. The molecule has 1 fully saturated rings. The van der Waals surface area contributed by atoms with E-state index >= 15 is 0 Å². The van der Waals surface area contributed by atoms with Gasteiger partial charge in [-0.25, -0.2) is 8.42 Å². The monoisotopic (exact) mass is 458 g/mol. The first-order chi connectivity index (χ1) is 14.3. The lowest BCUT2D eigenvalue weighted by Crippen LogP contribution is -2.27. The van der Waals surface area contributed by atoms with Crippen LogP contribution in [0.25, 0.3) is 0 Å². The number of nitrogens with one attached hydrogen (secondary N) is 1. The molecule has 1 saturated heterocycles. The topological polar surface area (TPSA) is 66.5 Å². The Morgan fingerprint density at radius 2 is 1.77 bits per heavy atom. The van der Waals surface area contributed by atoms with Crippen LogP contribution in [0.2, 0.25) is 5.02 Å². The van der Waals surface area contributed by atoms with Gasteiger partial charge in [-0.3, -0.25) is 14.4 Å². The van der Waals surface area contributed by atoms with E-state index in [-0.39, 0.29) is 16.2 Å². The Bertz CT molecular complexity index is 1200. The number of hydrogen-bond donors (Lipinski definition) is 1. The third kappa shape index (κ3) is 4.33. The van der Waals surface area contributed by atoms with E-state index in [4.69, 9.17) is 11.6 Å². The number of thioether (sulfide) groups is 1. The zero-order valence-electron chi connectivity index (χ0n) is 16.1. The Hall–Kier alpha value is -2.48. The van der Waals surface area contributed by atoms with Crippen LogP contribution < -0.4 is 9.62 Å². The van der Waals surface area contributed by atoms with Crippen LogP contribution in [0, 0.1) is 6.92 Å². The number of hydrogen-bond acceptors (Lipinski definition) is 4. The van der Waals surface area contributed by atoms with Crippen molar-refractivity contribution in [1.29, 1.82) is 0 Å². The van der Waals surface area contributed by atoms with Crippen molar-refractivity contribution in [2.75, 3.05) is 15.4 Å². The fourth-order valence-corrected chi connectivity index (χ4v) is 5.65. The summed E-state index contributed by atoms with van der Waals surface area (Å²) in [6.07, 6.45) is 0. The van der Waals surface area contributed by atoms with Crippen LogP contribution in [0.1, 0.15) is 16.5 Å². The molecule has 0 radical (unpaired) electrons. The standard InChI is InChI=1S/C22H19ClN2O3S2/c1-15-4-2-7-19(12-15)25-21(26)14-29-22(25)16-5-3-6-18(13-16)24-30(27,28)20-10-8-17(23)9-11-20/h2-13,22,24H,14H2,1H3. The second-order valence-corrected chi connectivity index (χ2v) is 10.1. The average molecular weight is 459 g/mol. The Balaban J connectivity index is 1.63. The molecule has 1 N–H and O–H groups in total. The van der Waals surface area contributed by atoms with Gasteiger partial charge in [-0.1, -0.05) is 35.9 Å². The number of halogens is 1. The smallest absolute Gasteiger partial charge is 0.261 e. The van der Waals surface area contributed by atoms with E-state index in [1.807, 2.05) is 37.3 Å². The van der Waals surface area contributed by atoms with Gasteiger partial charge >= 0.3 is 0 Å². The molecular formula is C22H19ClN2O3S2. The Kier molecular flexibility index (Phi) is 5.77. The molecule has 0 aliphatic carbocycles. The minimum atomic E-state index is -3.75. The Labute approximate surface area is 185 Å². The molecule has 5 nitrogen and oxygen atoms in total. The summed E-state index contributed by atoms with van der Waals surface area (Å²) >= 11 is 7.37. The van der Waals surface area contributed by atoms with Crippen LogP contribution in [-0.2, 0) is 14.8 Å². The van der Waals surface area contributed by atoms with Crippen LogP contribution in [0.15, 0.2) is 77.7 Å². The molecule has 1 amide bonds. The number of amides is 1. The SMILES string of the molecule is Cc1cccc(N2C(=O)CSC2c2cccc(NS(=O)(=O)c3ccc(Cl)cc3)c2)c1. The minimum Gasteiger partial charge on any atom is -0.295 e. The molecule has 8 heteroatoms. The first kappa shape index (κ1) is 20.8. The highest BCUT2D eigenvalue weighted by Gasteiger charge is 2.34. The summed E-state index contributed by atoms with van der Waals surface area (Å²) < 4.78 is 28.0. The summed E-state index contributed by atoms with van der Waals surface area (Å²) in [6.45, 7) is 1.98. The van der Waals surface area contributed by atoms with Gasteiger partial charge in [0.25, 0.3) is 10.0 Å². The molecule has 3 aromatic carbocycles. The molecule has 1 aliphatic heterocycles. The van der Waals surface area contributed by atoms with Crippen LogP contribution in [0.4, 0.5) is 11.4 Å². The lowest BCUT2D eigenvalue weighted by Gasteiger charge is -2.25. The maximum absolute atomic E-state index is 12.7. The first-order valence-corrected chi connectivity index (χ1v) is 12.1. The molecule has 3 aromatic rings. The fourth-order valence-electron chi connectivity index (χ4n) is 3.31. The Morgan fingerprint density at radius 3 is 2.50 bits per heavy atom. The molecule has 0 saturated carbocycles. The van der Waals surface area contributed by atoms with E-state index < -0.39 is 10.0 Å². The van der Waals surface area contributed by atoms with E-state index in [2.05, 4.69) is 4.72 Å². The molecule has 1 atom stereocenters. The summed E-state index contributed by atoms with van der Waals surface area (Å²) in [6, 6.07) is 20.9. The zero-order chi connectivity index (χ0) is 21.3. The molecule has 154 valence electrons. The largest absolute Gasteiger partial charge is 0.295 e. The highest BCUT2D eigenvalue weighted by molar-refractivity contribution is 8.00. The van der Waals surface area contributed by atoms with Crippen LogP contribution in [-0.4, -0.2) is 20.1 Å². The van der Waals surface area contributed by atoms with E-state index in [9.17, 15) is 13.2 Å². The van der Waals surface area contributed by atoms with Gasteiger partial charge in [-0.05, 0) is 66.6 Å². The fraction of sp³-hybridized carbons (Fsp3) is 0.136. The summed E-state index contributed by atoms with van der Waals surface area (Å²) in [4.78, 5) is 14.5. The van der Waals surface area contributed by atoms with Crippen LogP contribution >= 0.6 is 23.4 Å². The predicted octanol–water partition coefficient (Wildman–Crippen LogP) is 5.23. The van der Waals surface area contributed by atoms with E-state index in [0.717, 1.165) is 16.8 Å². The lowest BCUT2D eigenvalue weighted by atomic mass is 10.1. The number of benzene rings is 3. The van der Waals surface area contributed by atoms with E-state index in [0.29, 0.717) is 16.5 Å². The predicted molar refractivity (Wildman–Crippen MR) is 123 cm³/mol. The first-order valence-electron chi connectivity index (χ1n) is 9.22. The van der Waals surface area contributed by atoms with Gasteiger partial charge in [0.05, 0.1) is 10.6 Å². The summed E-state index contributed by atoms with van der Waals surface area (Å²) in [7, 11) is -3.75. The maximum atomic E-state index is 12.7. The summed E-state index contributed by atoms with van der Waals surface area (Å²) in [5.41, 5.74) is 3.19. The molecule has 0 aromatic heterocycles. The molecule has 1 aliphatic rings. The molecular weight excluding hydrogens is 440 g/mol. The minimum absolute atomic E-state index is 0.0303. The van der Waals surface area contributed by atoms with Crippen molar-refractivity contribution in [1.82, 2.24) is 0 Å². The number of aryl methyl sites for hydroxylation is 1. The van der Waals surface area contributed by atoms with Gasteiger partial charge in [0.1, 0.15) is 5.37 Å². The van der Waals surface area contributed by atoms with Crippen molar-refractivity contribution in [2.24, 2.45) is 0 Å². The van der Waals surface area contributed by atoms with Crippen molar-refractivity contribution in [3.05, 3.63) is 88.9 Å². The van der Waals surface area contributed by atoms with Crippen LogP contribution in [0.3, 0.4) is 0 Å². The second kappa shape index (κ2) is 8.34. The highest BCUT2D eigenvalue weighted by Crippen LogP contribution is 2.42. The van der Waals surface area contributed by atoms with Crippen molar-refractivity contribution >= 4 is 50.7 Å². The van der Waals surface area contributed by atoms with Crippen molar-refractivity contribution in [3.8, 4) is 0 Å². The molecule has 0 bridgehead atoms. The maximum Gasteiger partial charge on any atom is 0.261 e. The molecule has 30 heavy (non-hydrogen) atoms. The van der Waals surface area contributed by atoms with Gasteiger partial charge in [-0.15, -0.1) is 11.8 Å². The number of carbonyl (C=O) groups is 1. The van der Waals surface area contributed by atoms with Crippen molar-refractivity contribution in [2.45, 2.75) is 17.2 Å². The molecule has 4 rings (SSSR count). The van der Waals surface area contributed by atoms with Crippen molar-refractivity contribution in [3.63, 3.8) is 0 Å². The van der Waals surface area contributed by atoms with Gasteiger partial charge in [0.2, 0.25) is 5.91 Å². The van der Waals surface area contributed by atoms with Crippen LogP contribution in [0.5, 0.6) is 0 Å². The third-order valence-corrected chi connectivity index (χ3v) is 7.56. The van der Waals surface area contributed by atoms with Gasteiger partial charge in [-0.2, -0.15) is 0 Å². The highest BCUT2D eigenvalue weighted by atomic mass is 35.5. The lowest BCUT2D eigenvalue weighted by molar-refractivity contribution is -0.115. The molecule has 0 spiro atoms. The third-order valence-electron chi connectivity index (χ3n) is 4.70. The van der Waals surface area contributed by atoms with Gasteiger partial charge < -0.3 is 0 Å². The number of carbonyl (C=O) groups excluding carboxylic acids is 1. The second-order valence-electron chi connectivity index (χ2n) is 6.95. The summed E-state index contributed by atoms with van der Waals surface area (Å²) in [5, 5.41) is 0.245. The number of nitrogens with zero attached hydrogens (tertiary/aromatic N) is 1. The van der Waals surface area contributed by atoms with E-state index in [1.165, 1.54) is 36.0 Å². The number of anilines is 2. The molecule has 1 heterocycles. The summed E-state index contributed by atoms with van der Waals surface area (Å²) in [5.74, 6) is 0.405. The number of sulfonamides is 1. The van der Waals surface area contributed by atoms with Crippen molar-refractivity contribution < 1.29 is 13.2 Å². The quantitative estimate of drug-likeness (QED) is 0.568. The molecule has 1 unspecified atom stereocenters. The zero-order valence-corrected chi connectivity index (χ0v) is 18.5.